The first kappa shape index (κ1) is 14.6. The number of benzene rings is 1. The molecule has 0 aromatic heterocycles. The second-order valence-electron chi connectivity index (χ2n) is 7.13. The van der Waals surface area contributed by atoms with Crippen molar-refractivity contribution >= 4 is 0 Å². The molecule has 0 spiro atoms. The molecule has 0 saturated heterocycles. The van der Waals surface area contributed by atoms with Crippen LogP contribution in [0.5, 0.6) is 0 Å². The first-order chi connectivity index (χ1) is 8.90. The summed E-state index contributed by atoms with van der Waals surface area (Å²) in [5.41, 5.74) is 11.1. The van der Waals surface area contributed by atoms with Crippen molar-refractivity contribution in [1.29, 1.82) is 0 Å². The Morgan fingerprint density at radius 1 is 1.21 bits per heavy atom. The van der Waals surface area contributed by atoms with Gasteiger partial charge in [0.25, 0.3) is 0 Å². The molecule has 0 amide bonds. The van der Waals surface area contributed by atoms with Crippen molar-refractivity contribution in [2.24, 2.45) is 17.1 Å². The zero-order valence-corrected chi connectivity index (χ0v) is 13.0. The van der Waals surface area contributed by atoms with Gasteiger partial charge in [0, 0.05) is 6.04 Å². The Balaban J connectivity index is 2.07. The Bertz CT molecular complexity index is 433. The van der Waals surface area contributed by atoms with Gasteiger partial charge in [-0.05, 0) is 61.1 Å². The van der Waals surface area contributed by atoms with E-state index in [1.54, 1.807) is 0 Å². The fourth-order valence-corrected chi connectivity index (χ4v) is 3.66. The number of aryl methyl sites for hydroxylation is 2. The van der Waals surface area contributed by atoms with Gasteiger partial charge in [-0.2, -0.15) is 0 Å². The molecule has 1 aliphatic rings. The highest BCUT2D eigenvalue weighted by Crippen LogP contribution is 2.42. The van der Waals surface area contributed by atoms with Gasteiger partial charge in [-0.1, -0.05) is 44.9 Å². The first-order valence-corrected chi connectivity index (χ1v) is 7.72. The molecule has 2 N–H and O–H groups in total. The summed E-state index contributed by atoms with van der Waals surface area (Å²) in [6.07, 6.45) is 6.39. The highest BCUT2D eigenvalue weighted by molar-refractivity contribution is 5.30. The van der Waals surface area contributed by atoms with Gasteiger partial charge in [-0.3, -0.25) is 0 Å². The molecule has 2 unspecified atom stereocenters. The van der Waals surface area contributed by atoms with Gasteiger partial charge >= 0.3 is 0 Å². The van der Waals surface area contributed by atoms with Crippen LogP contribution in [0, 0.1) is 25.2 Å². The Morgan fingerprint density at radius 3 is 2.58 bits per heavy atom. The SMILES string of the molecule is Cc1ccc(CC(N)C2CCCCC2(C)C)cc1C. The van der Waals surface area contributed by atoms with Crippen molar-refractivity contribution in [2.45, 2.75) is 65.8 Å². The fraction of sp³-hybridized carbons (Fsp3) is 0.667. The van der Waals surface area contributed by atoms with Crippen LogP contribution in [0.4, 0.5) is 0 Å². The van der Waals surface area contributed by atoms with Crippen molar-refractivity contribution in [1.82, 2.24) is 0 Å². The minimum Gasteiger partial charge on any atom is -0.327 e. The van der Waals surface area contributed by atoms with Gasteiger partial charge in [-0.25, -0.2) is 0 Å². The first-order valence-electron chi connectivity index (χ1n) is 7.72. The Kier molecular flexibility index (Phi) is 4.35. The molecule has 1 aromatic rings. The predicted molar refractivity (Wildman–Crippen MR) is 83.3 cm³/mol. The standard InChI is InChI=1S/C18H29N/c1-13-8-9-15(11-14(13)2)12-17(19)16-7-5-6-10-18(16,3)4/h8-9,11,16-17H,5-7,10,12,19H2,1-4H3. The third-order valence-electron chi connectivity index (χ3n) is 5.15. The van der Waals surface area contributed by atoms with Crippen molar-refractivity contribution in [3.05, 3.63) is 34.9 Å². The molecular formula is C18H29N. The zero-order chi connectivity index (χ0) is 14.0. The molecule has 0 aliphatic heterocycles. The highest BCUT2D eigenvalue weighted by Gasteiger charge is 2.35. The van der Waals surface area contributed by atoms with Crippen LogP contribution >= 0.6 is 0 Å². The quantitative estimate of drug-likeness (QED) is 0.856. The molecule has 1 fully saturated rings. The van der Waals surface area contributed by atoms with Gasteiger partial charge in [0.15, 0.2) is 0 Å². The van der Waals surface area contributed by atoms with Crippen molar-refractivity contribution in [3.63, 3.8) is 0 Å². The van der Waals surface area contributed by atoms with E-state index in [2.05, 4.69) is 45.9 Å². The normalized spacial score (nSPS) is 24.2. The minimum absolute atomic E-state index is 0.303. The Labute approximate surface area is 118 Å². The van der Waals surface area contributed by atoms with Crippen LogP contribution in [0.1, 0.15) is 56.2 Å². The molecule has 0 bridgehead atoms. The maximum Gasteiger partial charge on any atom is 0.0113 e. The van der Waals surface area contributed by atoms with Crippen LogP contribution in [-0.2, 0) is 6.42 Å². The van der Waals surface area contributed by atoms with Crippen LogP contribution in [0.15, 0.2) is 18.2 Å². The van der Waals surface area contributed by atoms with Gasteiger partial charge in [0.05, 0.1) is 0 Å². The van der Waals surface area contributed by atoms with Crippen molar-refractivity contribution in [2.75, 3.05) is 0 Å². The summed E-state index contributed by atoms with van der Waals surface area (Å²) in [7, 11) is 0. The molecular weight excluding hydrogens is 230 g/mol. The summed E-state index contributed by atoms with van der Waals surface area (Å²) in [4.78, 5) is 0. The van der Waals surface area contributed by atoms with Crippen molar-refractivity contribution in [3.8, 4) is 0 Å². The molecule has 2 rings (SSSR count). The molecule has 0 radical (unpaired) electrons. The van der Waals surface area contributed by atoms with E-state index in [0.29, 0.717) is 17.4 Å². The molecule has 1 heteroatoms. The Morgan fingerprint density at radius 2 is 1.95 bits per heavy atom. The van der Waals surface area contributed by atoms with Gasteiger partial charge in [-0.15, -0.1) is 0 Å². The molecule has 1 aliphatic carbocycles. The third kappa shape index (κ3) is 3.39. The van der Waals surface area contributed by atoms with Crippen LogP contribution < -0.4 is 5.73 Å². The van der Waals surface area contributed by atoms with Crippen molar-refractivity contribution < 1.29 is 0 Å². The van der Waals surface area contributed by atoms with E-state index in [4.69, 9.17) is 5.73 Å². The van der Waals surface area contributed by atoms with Crippen LogP contribution in [-0.4, -0.2) is 6.04 Å². The lowest BCUT2D eigenvalue weighted by molar-refractivity contribution is 0.112. The average Bonchev–Trinajstić information content (AvgIpc) is 2.33. The molecule has 0 heterocycles. The number of hydrogen-bond donors (Lipinski definition) is 1. The maximum absolute atomic E-state index is 6.54. The number of hydrogen-bond acceptors (Lipinski definition) is 1. The van der Waals surface area contributed by atoms with E-state index in [9.17, 15) is 0 Å². The topological polar surface area (TPSA) is 26.0 Å². The molecule has 2 atom stereocenters. The Hall–Kier alpha value is -0.820. The van der Waals surface area contributed by atoms with E-state index in [1.165, 1.54) is 42.4 Å². The summed E-state index contributed by atoms with van der Waals surface area (Å²) in [6.45, 7) is 9.16. The molecule has 19 heavy (non-hydrogen) atoms. The lowest BCUT2D eigenvalue weighted by Crippen LogP contribution is -2.43. The van der Waals surface area contributed by atoms with Crippen LogP contribution in [0.3, 0.4) is 0 Å². The van der Waals surface area contributed by atoms with E-state index in [1.807, 2.05) is 0 Å². The lowest BCUT2D eigenvalue weighted by Gasteiger charge is -2.42. The summed E-state index contributed by atoms with van der Waals surface area (Å²) in [6, 6.07) is 7.09. The van der Waals surface area contributed by atoms with E-state index >= 15 is 0 Å². The monoisotopic (exact) mass is 259 g/mol. The summed E-state index contributed by atoms with van der Waals surface area (Å²) in [5, 5.41) is 0. The van der Waals surface area contributed by atoms with Gasteiger partial charge in [0.1, 0.15) is 0 Å². The molecule has 1 nitrogen and oxygen atoms in total. The van der Waals surface area contributed by atoms with Gasteiger partial charge in [0.2, 0.25) is 0 Å². The second-order valence-corrected chi connectivity index (χ2v) is 7.13. The molecule has 106 valence electrons. The van der Waals surface area contributed by atoms with E-state index in [-0.39, 0.29) is 0 Å². The van der Waals surface area contributed by atoms with Gasteiger partial charge < -0.3 is 5.73 Å². The highest BCUT2D eigenvalue weighted by atomic mass is 14.7. The van der Waals surface area contributed by atoms with Crippen LogP contribution in [0.25, 0.3) is 0 Å². The zero-order valence-electron chi connectivity index (χ0n) is 13.0. The lowest BCUT2D eigenvalue weighted by atomic mass is 9.65. The second kappa shape index (κ2) is 5.66. The van der Waals surface area contributed by atoms with E-state index < -0.39 is 0 Å². The molecule has 1 aromatic carbocycles. The summed E-state index contributed by atoms with van der Waals surface area (Å²) in [5.74, 6) is 0.669. The number of nitrogens with two attached hydrogens (primary N) is 1. The summed E-state index contributed by atoms with van der Waals surface area (Å²) >= 11 is 0. The summed E-state index contributed by atoms with van der Waals surface area (Å²) < 4.78 is 0. The molecule has 1 saturated carbocycles. The van der Waals surface area contributed by atoms with Crippen LogP contribution in [0.2, 0.25) is 0 Å². The largest absolute Gasteiger partial charge is 0.327 e. The predicted octanol–water partition coefficient (Wildman–Crippen LogP) is 4.39. The maximum atomic E-state index is 6.54. The minimum atomic E-state index is 0.303. The van der Waals surface area contributed by atoms with E-state index in [0.717, 1.165) is 6.42 Å². The number of rotatable bonds is 3. The average molecular weight is 259 g/mol. The third-order valence-corrected chi connectivity index (χ3v) is 5.15. The fourth-order valence-electron chi connectivity index (χ4n) is 3.66. The smallest absolute Gasteiger partial charge is 0.0113 e.